The minimum atomic E-state index is -0.677. The summed E-state index contributed by atoms with van der Waals surface area (Å²) >= 11 is 0. The van der Waals surface area contributed by atoms with Gasteiger partial charge in [0.1, 0.15) is 11.6 Å². The molecule has 0 aromatic carbocycles. The fourth-order valence-electron chi connectivity index (χ4n) is 0.624. The van der Waals surface area contributed by atoms with Gasteiger partial charge in [-0.25, -0.2) is 0 Å². The highest BCUT2D eigenvalue weighted by Crippen LogP contribution is 1.93. The summed E-state index contributed by atoms with van der Waals surface area (Å²) in [5, 5.41) is 10.5. The van der Waals surface area contributed by atoms with Crippen molar-refractivity contribution in [2.24, 2.45) is 0 Å². The van der Waals surface area contributed by atoms with E-state index in [1.54, 1.807) is 25.1 Å². The van der Waals surface area contributed by atoms with E-state index >= 15 is 0 Å². The van der Waals surface area contributed by atoms with Gasteiger partial charge in [-0.1, -0.05) is 0 Å². The summed E-state index contributed by atoms with van der Waals surface area (Å²) in [7, 11) is 3.36. The zero-order chi connectivity index (χ0) is 10.4. The third-order valence-corrected chi connectivity index (χ3v) is 1.04. The van der Waals surface area contributed by atoms with Crippen LogP contribution >= 0.6 is 0 Å². The minimum Gasteiger partial charge on any atom is -0.382 e. The second-order valence-electron chi connectivity index (χ2n) is 2.63. The molecule has 0 rings (SSSR count). The zero-order valence-corrected chi connectivity index (χ0v) is 7.79. The van der Waals surface area contributed by atoms with Crippen LogP contribution in [0.5, 0.6) is 0 Å². The van der Waals surface area contributed by atoms with E-state index in [0.717, 1.165) is 0 Å². The number of hydrogen-bond donors (Lipinski definition) is 1. The molecule has 5 heteroatoms. The van der Waals surface area contributed by atoms with Gasteiger partial charge in [-0.15, -0.1) is 0 Å². The molecule has 0 spiro atoms. The van der Waals surface area contributed by atoms with E-state index < -0.39 is 11.8 Å². The van der Waals surface area contributed by atoms with Crippen LogP contribution in [0.2, 0.25) is 0 Å². The molecule has 1 N–H and O–H groups in total. The van der Waals surface area contributed by atoms with E-state index in [1.807, 2.05) is 5.32 Å². The van der Waals surface area contributed by atoms with Gasteiger partial charge in [0.25, 0.3) is 5.91 Å². The molecule has 70 valence electrons. The Labute approximate surface area is 76.6 Å². The third-order valence-electron chi connectivity index (χ3n) is 1.04. The summed E-state index contributed by atoms with van der Waals surface area (Å²) in [5.74, 6) is -1.16. The van der Waals surface area contributed by atoms with Crippen molar-refractivity contribution in [2.75, 3.05) is 14.1 Å². The van der Waals surface area contributed by atoms with Gasteiger partial charge >= 0.3 is 0 Å². The van der Waals surface area contributed by atoms with Gasteiger partial charge in [0.2, 0.25) is 5.91 Å². The van der Waals surface area contributed by atoms with E-state index in [9.17, 15) is 9.59 Å². The lowest BCUT2D eigenvalue weighted by Gasteiger charge is -2.05. The largest absolute Gasteiger partial charge is 0.382 e. The van der Waals surface area contributed by atoms with Gasteiger partial charge < -0.3 is 4.90 Å². The fraction of sp³-hybridized carbons (Fsp3) is 0.375. The Morgan fingerprint density at radius 2 is 2.00 bits per heavy atom. The molecular weight excluding hydrogens is 170 g/mol. The highest BCUT2D eigenvalue weighted by molar-refractivity contribution is 6.05. The number of hydrogen-bond acceptors (Lipinski definition) is 4. The molecule has 0 atom stereocenters. The Balaban J connectivity index is 4.53. The summed E-state index contributed by atoms with van der Waals surface area (Å²) in [4.78, 5) is 23.1. The zero-order valence-electron chi connectivity index (χ0n) is 7.79. The van der Waals surface area contributed by atoms with Crippen molar-refractivity contribution in [1.29, 1.82) is 5.26 Å². The lowest BCUT2D eigenvalue weighted by molar-refractivity contribution is -0.126. The number of carbonyl (C=O) groups is 2. The van der Waals surface area contributed by atoms with E-state index in [2.05, 4.69) is 0 Å². The summed E-state index contributed by atoms with van der Waals surface area (Å²) < 4.78 is 0. The molecule has 0 saturated carbocycles. The summed E-state index contributed by atoms with van der Waals surface area (Å²) in [6.45, 7) is 1.21. The van der Waals surface area contributed by atoms with Crippen molar-refractivity contribution >= 4 is 11.8 Å². The first-order chi connectivity index (χ1) is 5.97. The predicted molar refractivity (Wildman–Crippen MR) is 46.2 cm³/mol. The van der Waals surface area contributed by atoms with Crippen molar-refractivity contribution in [1.82, 2.24) is 10.2 Å². The first-order valence-electron chi connectivity index (χ1n) is 3.57. The van der Waals surface area contributed by atoms with Crippen molar-refractivity contribution in [3.05, 3.63) is 11.8 Å². The average molecular weight is 181 g/mol. The Hall–Kier alpha value is -1.83. The van der Waals surface area contributed by atoms with Gasteiger partial charge in [-0.05, 0) is 0 Å². The summed E-state index contributed by atoms with van der Waals surface area (Å²) in [5.41, 5.74) is -0.0970. The Morgan fingerprint density at radius 3 is 2.31 bits per heavy atom. The van der Waals surface area contributed by atoms with Crippen LogP contribution in [0.3, 0.4) is 0 Å². The molecule has 0 heterocycles. The summed E-state index contributed by atoms with van der Waals surface area (Å²) in [6, 6.07) is 1.69. The normalized spacial score (nSPS) is 10.2. The molecule has 0 fully saturated rings. The standard InChI is InChI=1S/C8H11N3O2/c1-6(12)10-8(13)7(4-9)5-11(2)3/h5H,1-3H3,(H,10,12,13). The van der Waals surface area contributed by atoms with Crippen LogP contribution in [0.15, 0.2) is 11.8 Å². The van der Waals surface area contributed by atoms with E-state index in [-0.39, 0.29) is 5.57 Å². The first-order valence-corrected chi connectivity index (χ1v) is 3.57. The van der Waals surface area contributed by atoms with Crippen LogP contribution in [0.4, 0.5) is 0 Å². The van der Waals surface area contributed by atoms with Crippen LogP contribution in [0, 0.1) is 11.3 Å². The quantitative estimate of drug-likeness (QED) is 0.465. The molecule has 2 amide bonds. The molecule has 5 nitrogen and oxygen atoms in total. The summed E-state index contributed by atoms with van der Waals surface area (Å²) in [6.07, 6.45) is 1.35. The molecule has 0 aromatic heterocycles. The number of carbonyl (C=O) groups excluding carboxylic acids is 2. The predicted octanol–water partition coefficient (Wildman–Crippen LogP) is -0.382. The second-order valence-corrected chi connectivity index (χ2v) is 2.63. The maximum absolute atomic E-state index is 11.1. The Morgan fingerprint density at radius 1 is 1.46 bits per heavy atom. The van der Waals surface area contributed by atoms with Crippen molar-refractivity contribution in [3.63, 3.8) is 0 Å². The molecular formula is C8H11N3O2. The maximum Gasteiger partial charge on any atom is 0.269 e. The Kier molecular flexibility index (Phi) is 4.24. The SMILES string of the molecule is CC(=O)NC(=O)C(C#N)=CN(C)C. The topological polar surface area (TPSA) is 73.2 Å². The number of nitrogens with zero attached hydrogens (tertiary/aromatic N) is 2. The van der Waals surface area contributed by atoms with Crippen LogP contribution in [-0.4, -0.2) is 30.8 Å². The monoisotopic (exact) mass is 181 g/mol. The van der Waals surface area contributed by atoms with Crippen LogP contribution < -0.4 is 5.32 Å². The van der Waals surface area contributed by atoms with Gasteiger partial charge in [0.05, 0.1) is 0 Å². The Bertz CT molecular complexity index is 286. The molecule has 0 unspecified atom stereocenters. The number of nitrogens with one attached hydrogen (secondary N) is 1. The minimum absolute atomic E-state index is 0.0970. The molecule has 0 aromatic rings. The van der Waals surface area contributed by atoms with E-state index in [0.29, 0.717) is 0 Å². The number of amides is 2. The number of rotatable bonds is 2. The molecule has 0 aliphatic carbocycles. The van der Waals surface area contributed by atoms with Gasteiger partial charge in [0.15, 0.2) is 0 Å². The van der Waals surface area contributed by atoms with Crippen molar-refractivity contribution in [3.8, 4) is 6.07 Å². The number of imide groups is 1. The first kappa shape index (κ1) is 11.2. The highest BCUT2D eigenvalue weighted by atomic mass is 16.2. The third kappa shape index (κ3) is 4.58. The van der Waals surface area contributed by atoms with Crippen molar-refractivity contribution in [2.45, 2.75) is 6.92 Å². The molecule has 0 saturated heterocycles. The molecule has 0 radical (unpaired) electrons. The lowest BCUT2D eigenvalue weighted by atomic mass is 10.3. The lowest BCUT2D eigenvalue weighted by Crippen LogP contribution is -2.29. The fourth-order valence-corrected chi connectivity index (χ4v) is 0.624. The molecule has 13 heavy (non-hydrogen) atoms. The number of nitriles is 1. The van der Waals surface area contributed by atoms with Crippen LogP contribution in [0.25, 0.3) is 0 Å². The van der Waals surface area contributed by atoms with Crippen LogP contribution in [-0.2, 0) is 9.59 Å². The molecule has 0 bridgehead atoms. The smallest absolute Gasteiger partial charge is 0.269 e. The van der Waals surface area contributed by atoms with E-state index in [1.165, 1.54) is 13.1 Å². The van der Waals surface area contributed by atoms with Gasteiger partial charge in [-0.3, -0.25) is 14.9 Å². The molecule has 0 aliphatic rings. The average Bonchev–Trinajstić information content (AvgIpc) is 1.98. The maximum atomic E-state index is 11.1. The van der Waals surface area contributed by atoms with Crippen molar-refractivity contribution < 1.29 is 9.59 Å². The van der Waals surface area contributed by atoms with E-state index in [4.69, 9.17) is 5.26 Å². The van der Waals surface area contributed by atoms with Gasteiger partial charge in [-0.2, -0.15) is 5.26 Å². The van der Waals surface area contributed by atoms with Gasteiger partial charge in [0, 0.05) is 27.2 Å². The second kappa shape index (κ2) is 4.93. The van der Waals surface area contributed by atoms with Crippen LogP contribution in [0.1, 0.15) is 6.92 Å². The molecule has 0 aliphatic heterocycles. The highest BCUT2D eigenvalue weighted by Gasteiger charge is 2.09.